The average molecular weight is 367 g/mol. The van der Waals surface area contributed by atoms with E-state index in [1.807, 2.05) is 0 Å². The van der Waals surface area contributed by atoms with E-state index in [1.54, 1.807) is 24.3 Å². The van der Waals surface area contributed by atoms with Gasteiger partial charge in [0, 0.05) is 11.1 Å². The maximum Gasteiger partial charge on any atom is 0.216 e. The Morgan fingerprint density at radius 1 is 0.704 bits per heavy atom. The van der Waals surface area contributed by atoms with E-state index in [2.05, 4.69) is 17.1 Å². The first kappa shape index (κ1) is 19.5. The molecule has 0 atom stereocenters. The fraction of sp³-hybridized carbons (Fsp3) is 0.545. The lowest BCUT2D eigenvalue weighted by molar-refractivity contribution is 0.0974. The van der Waals surface area contributed by atoms with Crippen molar-refractivity contribution in [1.82, 2.24) is 15.0 Å². The summed E-state index contributed by atoms with van der Waals surface area (Å²) in [6.45, 7) is 2.90. The van der Waals surface area contributed by atoms with Crippen molar-refractivity contribution in [2.75, 3.05) is 0 Å². The fourth-order valence-corrected chi connectivity index (χ4v) is 3.63. The minimum Gasteiger partial charge on any atom is -0.287 e. The van der Waals surface area contributed by atoms with E-state index < -0.39 is 0 Å². The summed E-state index contributed by atoms with van der Waals surface area (Å²) in [5, 5.41) is 8.58. The summed E-state index contributed by atoms with van der Waals surface area (Å²) in [7, 11) is 0. The topological polar surface area (TPSA) is 64.8 Å². The number of fused-ring (bicyclic) bond motifs is 2. The van der Waals surface area contributed by atoms with E-state index in [1.165, 1.54) is 56.2 Å². The van der Waals surface area contributed by atoms with Gasteiger partial charge in [0.15, 0.2) is 11.4 Å². The summed E-state index contributed by atoms with van der Waals surface area (Å²) >= 11 is 0. The third-order valence-electron chi connectivity index (χ3n) is 5.21. The van der Waals surface area contributed by atoms with E-state index in [0.29, 0.717) is 17.7 Å². The summed E-state index contributed by atoms with van der Waals surface area (Å²) in [6, 6.07) is 6.89. The van der Waals surface area contributed by atoms with E-state index >= 15 is 0 Å². The van der Waals surface area contributed by atoms with Crippen molar-refractivity contribution in [1.29, 1.82) is 0 Å². The van der Waals surface area contributed by atoms with Gasteiger partial charge in [0.2, 0.25) is 11.6 Å². The van der Waals surface area contributed by atoms with E-state index in [0.717, 1.165) is 12.8 Å². The second-order valence-electron chi connectivity index (χ2n) is 7.38. The summed E-state index contributed by atoms with van der Waals surface area (Å²) in [5.41, 5.74) is 1.26. The SMILES string of the molecule is CCCCCCCCCCCCn1nc2c(n1)C(=O)c1ccccc1C2=O. The molecule has 1 aromatic carbocycles. The molecule has 0 fully saturated rings. The molecular weight excluding hydrogens is 338 g/mol. The van der Waals surface area contributed by atoms with Crippen LogP contribution in [0.5, 0.6) is 0 Å². The molecule has 0 radical (unpaired) electrons. The smallest absolute Gasteiger partial charge is 0.216 e. The van der Waals surface area contributed by atoms with Crippen LogP contribution < -0.4 is 0 Å². The zero-order valence-electron chi connectivity index (χ0n) is 16.2. The molecule has 5 heteroatoms. The number of hydrogen-bond acceptors (Lipinski definition) is 4. The zero-order valence-corrected chi connectivity index (χ0v) is 16.2. The predicted molar refractivity (Wildman–Crippen MR) is 105 cm³/mol. The number of hydrogen-bond donors (Lipinski definition) is 0. The van der Waals surface area contributed by atoms with Gasteiger partial charge in [-0.1, -0.05) is 89.0 Å². The second kappa shape index (κ2) is 9.58. The summed E-state index contributed by atoms with van der Waals surface area (Å²) in [4.78, 5) is 26.6. The van der Waals surface area contributed by atoms with Gasteiger partial charge in [-0.3, -0.25) is 9.59 Å². The highest BCUT2D eigenvalue weighted by atomic mass is 16.1. The highest BCUT2D eigenvalue weighted by molar-refractivity contribution is 6.26. The van der Waals surface area contributed by atoms with Crippen molar-refractivity contribution in [2.24, 2.45) is 0 Å². The fourth-order valence-electron chi connectivity index (χ4n) is 3.63. The Labute approximate surface area is 161 Å². The van der Waals surface area contributed by atoms with Crippen LogP contribution in [0.4, 0.5) is 0 Å². The molecule has 1 aromatic heterocycles. The van der Waals surface area contributed by atoms with Gasteiger partial charge in [-0.05, 0) is 6.42 Å². The van der Waals surface area contributed by atoms with Crippen LogP contribution in [0.15, 0.2) is 24.3 Å². The van der Waals surface area contributed by atoms with Crippen LogP contribution in [-0.2, 0) is 6.54 Å². The van der Waals surface area contributed by atoms with Crippen LogP contribution >= 0.6 is 0 Å². The van der Waals surface area contributed by atoms with Gasteiger partial charge in [0.05, 0.1) is 6.54 Å². The van der Waals surface area contributed by atoms with Gasteiger partial charge in [0.25, 0.3) is 0 Å². The normalized spacial score (nSPS) is 12.9. The molecule has 0 aliphatic heterocycles. The molecule has 5 nitrogen and oxygen atoms in total. The Morgan fingerprint density at radius 3 is 1.63 bits per heavy atom. The summed E-state index contributed by atoms with van der Waals surface area (Å²) in [5.74, 6) is -0.399. The van der Waals surface area contributed by atoms with Crippen molar-refractivity contribution in [3.63, 3.8) is 0 Å². The lowest BCUT2D eigenvalue weighted by Gasteiger charge is -2.10. The largest absolute Gasteiger partial charge is 0.287 e. The molecule has 3 rings (SSSR count). The van der Waals surface area contributed by atoms with Crippen molar-refractivity contribution in [3.8, 4) is 0 Å². The van der Waals surface area contributed by atoms with Crippen molar-refractivity contribution >= 4 is 11.6 Å². The number of aromatic nitrogens is 3. The van der Waals surface area contributed by atoms with E-state index in [4.69, 9.17) is 0 Å². The lowest BCUT2D eigenvalue weighted by Crippen LogP contribution is -2.20. The molecule has 0 unspecified atom stereocenters. The van der Waals surface area contributed by atoms with Gasteiger partial charge in [-0.25, -0.2) is 0 Å². The van der Waals surface area contributed by atoms with Gasteiger partial charge in [0.1, 0.15) is 0 Å². The minimum absolute atomic E-state index is 0.200. The molecule has 0 saturated carbocycles. The zero-order chi connectivity index (χ0) is 19.1. The van der Waals surface area contributed by atoms with Gasteiger partial charge in [-0.2, -0.15) is 4.80 Å². The Hall–Kier alpha value is -2.30. The molecule has 144 valence electrons. The quantitative estimate of drug-likeness (QED) is 0.449. The van der Waals surface area contributed by atoms with Crippen LogP contribution in [0.2, 0.25) is 0 Å². The molecule has 27 heavy (non-hydrogen) atoms. The minimum atomic E-state index is -0.200. The first-order valence-corrected chi connectivity index (χ1v) is 10.4. The summed E-state index contributed by atoms with van der Waals surface area (Å²) < 4.78 is 0. The van der Waals surface area contributed by atoms with E-state index in [9.17, 15) is 9.59 Å². The number of nitrogens with zero attached hydrogens (tertiary/aromatic N) is 3. The highest BCUT2D eigenvalue weighted by Crippen LogP contribution is 2.24. The number of benzene rings is 1. The van der Waals surface area contributed by atoms with E-state index in [-0.39, 0.29) is 23.0 Å². The number of rotatable bonds is 11. The predicted octanol–water partition coefficient (Wildman–Crippen LogP) is 4.97. The molecule has 0 saturated heterocycles. The second-order valence-corrected chi connectivity index (χ2v) is 7.38. The van der Waals surface area contributed by atoms with Crippen LogP contribution in [0, 0.1) is 0 Å². The Morgan fingerprint density at radius 2 is 1.15 bits per heavy atom. The number of carbonyl (C=O) groups excluding carboxylic acids is 2. The summed E-state index contributed by atoms with van der Waals surface area (Å²) in [6.07, 6.45) is 12.7. The van der Waals surface area contributed by atoms with Gasteiger partial charge >= 0.3 is 0 Å². The lowest BCUT2D eigenvalue weighted by atomic mass is 9.90. The number of ketones is 2. The first-order valence-electron chi connectivity index (χ1n) is 10.4. The maximum atomic E-state index is 12.5. The molecule has 1 aliphatic rings. The maximum absolute atomic E-state index is 12.5. The number of aryl methyl sites for hydroxylation is 1. The number of unbranched alkanes of at least 4 members (excludes halogenated alkanes) is 9. The van der Waals surface area contributed by atoms with Crippen LogP contribution in [0.3, 0.4) is 0 Å². The van der Waals surface area contributed by atoms with Gasteiger partial charge < -0.3 is 0 Å². The Balaban J connectivity index is 1.43. The molecule has 0 spiro atoms. The Kier molecular flexibility index (Phi) is 6.91. The average Bonchev–Trinajstić information content (AvgIpc) is 3.12. The molecule has 2 aromatic rings. The van der Waals surface area contributed by atoms with Gasteiger partial charge in [-0.15, -0.1) is 10.2 Å². The molecule has 0 bridgehead atoms. The van der Waals surface area contributed by atoms with Crippen LogP contribution in [0.25, 0.3) is 0 Å². The van der Waals surface area contributed by atoms with Crippen molar-refractivity contribution in [3.05, 3.63) is 46.8 Å². The molecule has 1 aliphatic carbocycles. The highest BCUT2D eigenvalue weighted by Gasteiger charge is 2.33. The van der Waals surface area contributed by atoms with Crippen molar-refractivity contribution in [2.45, 2.75) is 77.7 Å². The molecule has 0 N–H and O–H groups in total. The number of carbonyl (C=O) groups is 2. The standard InChI is InChI=1S/C22H29N3O2/c1-2-3-4-5-6-7-8-9-10-13-16-25-23-19-20(24-25)22(27)18-15-12-11-14-17(18)21(19)26/h11-12,14-15H,2-10,13,16H2,1H3. The monoisotopic (exact) mass is 367 g/mol. The van der Waals surface area contributed by atoms with Crippen LogP contribution in [-0.4, -0.2) is 26.6 Å². The van der Waals surface area contributed by atoms with Crippen LogP contribution in [0.1, 0.15) is 103 Å². The van der Waals surface area contributed by atoms with Crippen molar-refractivity contribution < 1.29 is 9.59 Å². The molecule has 1 heterocycles. The Bertz CT molecular complexity index is 742. The first-order chi connectivity index (χ1) is 13.2. The third kappa shape index (κ3) is 4.71. The molecule has 0 amide bonds. The third-order valence-corrected chi connectivity index (χ3v) is 5.21. The molecular formula is C22H29N3O2.